The summed E-state index contributed by atoms with van der Waals surface area (Å²) in [7, 11) is 3.04. The number of phenolic OH excluding ortho intramolecular Hbond substituents is 2. The van der Waals surface area contributed by atoms with Gasteiger partial charge in [0, 0.05) is 18.4 Å². The number of fused-ring (bicyclic) bond motifs is 4. The number of ether oxygens (including phenoxy) is 3. The fraction of sp³-hybridized carbons (Fsp3) is 0.429. The molecule has 1 aliphatic heterocycles. The van der Waals surface area contributed by atoms with Crippen molar-refractivity contribution in [2.75, 3.05) is 34.0 Å². The summed E-state index contributed by atoms with van der Waals surface area (Å²) in [5.74, 6) is 1.03. The number of hydrogen-bond acceptors (Lipinski definition) is 6. The third-order valence-electron chi connectivity index (χ3n) is 6.00. The van der Waals surface area contributed by atoms with Crippen LogP contribution in [-0.4, -0.2) is 49.4 Å². The zero-order chi connectivity index (χ0) is 19.1. The molecular formula is C21H24O6. The summed E-state index contributed by atoms with van der Waals surface area (Å²) in [6.07, 6.45) is 0. The quantitative estimate of drug-likeness (QED) is 0.765. The summed E-state index contributed by atoms with van der Waals surface area (Å²) >= 11 is 0. The van der Waals surface area contributed by atoms with Crippen LogP contribution in [0.1, 0.15) is 28.5 Å². The van der Waals surface area contributed by atoms with Crippen LogP contribution in [0.5, 0.6) is 23.0 Å². The molecule has 4 rings (SSSR count). The predicted molar refractivity (Wildman–Crippen MR) is 98.8 cm³/mol. The predicted octanol–water partition coefficient (Wildman–Crippen LogP) is 2.60. The second-order valence-corrected chi connectivity index (χ2v) is 7.22. The maximum absolute atomic E-state index is 10.4. The highest BCUT2D eigenvalue weighted by Crippen LogP contribution is 2.54. The molecule has 0 amide bonds. The van der Waals surface area contributed by atoms with Gasteiger partial charge >= 0.3 is 0 Å². The van der Waals surface area contributed by atoms with Crippen molar-refractivity contribution in [3.63, 3.8) is 0 Å². The Balaban J connectivity index is 1.93. The molecule has 3 N–H and O–H groups in total. The van der Waals surface area contributed by atoms with Crippen LogP contribution >= 0.6 is 0 Å². The minimum absolute atomic E-state index is 0.0466. The molecule has 1 saturated heterocycles. The average Bonchev–Trinajstić information content (AvgIpc) is 2.68. The summed E-state index contributed by atoms with van der Waals surface area (Å²) < 4.78 is 16.5. The molecule has 1 heterocycles. The van der Waals surface area contributed by atoms with E-state index in [1.807, 2.05) is 18.2 Å². The molecule has 6 nitrogen and oxygen atoms in total. The Bertz CT molecular complexity index is 849. The van der Waals surface area contributed by atoms with Crippen LogP contribution in [0.15, 0.2) is 30.3 Å². The Hall–Kier alpha value is -2.44. The van der Waals surface area contributed by atoms with Gasteiger partial charge < -0.3 is 29.5 Å². The number of rotatable bonds is 4. The number of phenols is 2. The van der Waals surface area contributed by atoms with Gasteiger partial charge in [0.1, 0.15) is 0 Å². The highest BCUT2D eigenvalue weighted by Gasteiger charge is 2.46. The van der Waals surface area contributed by atoms with E-state index in [1.54, 1.807) is 12.1 Å². The Morgan fingerprint density at radius 1 is 0.963 bits per heavy atom. The van der Waals surface area contributed by atoms with Crippen molar-refractivity contribution in [3.8, 4) is 23.0 Å². The van der Waals surface area contributed by atoms with Crippen LogP contribution < -0.4 is 9.47 Å². The highest BCUT2D eigenvalue weighted by atomic mass is 16.5. The molecule has 2 aliphatic rings. The van der Waals surface area contributed by atoms with Gasteiger partial charge in [0.15, 0.2) is 23.0 Å². The van der Waals surface area contributed by atoms with Crippen LogP contribution in [0, 0.1) is 11.8 Å². The molecule has 2 bridgehead atoms. The second kappa shape index (κ2) is 6.94. The normalized spacial score (nSPS) is 26.3. The van der Waals surface area contributed by atoms with Gasteiger partial charge in [0.2, 0.25) is 0 Å². The summed E-state index contributed by atoms with van der Waals surface area (Å²) in [5, 5.41) is 30.5. The van der Waals surface area contributed by atoms with E-state index in [2.05, 4.69) is 0 Å². The molecule has 0 spiro atoms. The van der Waals surface area contributed by atoms with Crippen molar-refractivity contribution in [1.82, 2.24) is 0 Å². The van der Waals surface area contributed by atoms with Gasteiger partial charge in [-0.25, -0.2) is 0 Å². The van der Waals surface area contributed by atoms with Crippen molar-refractivity contribution in [2.45, 2.75) is 11.8 Å². The van der Waals surface area contributed by atoms with Crippen LogP contribution in [-0.2, 0) is 4.74 Å². The maximum atomic E-state index is 10.4. The third kappa shape index (κ3) is 2.80. The zero-order valence-corrected chi connectivity index (χ0v) is 15.4. The summed E-state index contributed by atoms with van der Waals surface area (Å²) in [5.41, 5.74) is 2.98. The lowest BCUT2D eigenvalue weighted by atomic mass is 9.61. The van der Waals surface area contributed by atoms with E-state index in [4.69, 9.17) is 14.2 Å². The fourth-order valence-corrected chi connectivity index (χ4v) is 4.70. The SMILES string of the molecule is COc1cc([C@H]2c3cc(O)c(OC)cc3[C@@H]3COC[C@H]2[C@@H]3CO)ccc1O. The van der Waals surface area contributed by atoms with Crippen molar-refractivity contribution in [3.05, 3.63) is 47.0 Å². The Kier molecular flexibility index (Phi) is 4.61. The van der Waals surface area contributed by atoms with Crippen LogP contribution in [0.2, 0.25) is 0 Å². The minimum Gasteiger partial charge on any atom is -0.504 e. The van der Waals surface area contributed by atoms with Crippen LogP contribution in [0.3, 0.4) is 0 Å². The molecule has 1 fully saturated rings. The largest absolute Gasteiger partial charge is 0.504 e. The topological polar surface area (TPSA) is 88.4 Å². The Morgan fingerprint density at radius 2 is 1.70 bits per heavy atom. The third-order valence-corrected chi connectivity index (χ3v) is 6.00. The lowest BCUT2D eigenvalue weighted by molar-refractivity contribution is -0.0349. The van der Waals surface area contributed by atoms with Gasteiger partial charge in [-0.1, -0.05) is 6.07 Å². The second-order valence-electron chi connectivity index (χ2n) is 7.22. The van der Waals surface area contributed by atoms with Crippen molar-refractivity contribution < 1.29 is 29.5 Å². The molecule has 4 atom stereocenters. The first-order valence-corrected chi connectivity index (χ1v) is 9.05. The van der Waals surface area contributed by atoms with E-state index in [-0.39, 0.29) is 41.8 Å². The molecule has 0 aromatic heterocycles. The van der Waals surface area contributed by atoms with Gasteiger partial charge in [0.05, 0.1) is 27.4 Å². The van der Waals surface area contributed by atoms with Crippen molar-refractivity contribution >= 4 is 0 Å². The van der Waals surface area contributed by atoms with Crippen molar-refractivity contribution in [2.24, 2.45) is 11.8 Å². The van der Waals surface area contributed by atoms with E-state index in [9.17, 15) is 15.3 Å². The number of aliphatic hydroxyl groups is 1. The maximum Gasteiger partial charge on any atom is 0.160 e. The van der Waals surface area contributed by atoms with Crippen molar-refractivity contribution in [1.29, 1.82) is 0 Å². The molecule has 27 heavy (non-hydrogen) atoms. The van der Waals surface area contributed by atoms with E-state index in [1.165, 1.54) is 14.2 Å². The van der Waals surface area contributed by atoms with Gasteiger partial charge in [0.25, 0.3) is 0 Å². The fourth-order valence-electron chi connectivity index (χ4n) is 4.70. The first kappa shape index (κ1) is 17.9. The van der Waals surface area contributed by atoms with Gasteiger partial charge in [-0.2, -0.15) is 0 Å². The van der Waals surface area contributed by atoms with Crippen LogP contribution in [0.25, 0.3) is 0 Å². The average molecular weight is 372 g/mol. The number of hydrogen-bond donors (Lipinski definition) is 3. The molecule has 0 saturated carbocycles. The van der Waals surface area contributed by atoms with Gasteiger partial charge in [-0.3, -0.25) is 0 Å². The van der Waals surface area contributed by atoms with E-state index < -0.39 is 0 Å². The summed E-state index contributed by atoms with van der Waals surface area (Å²) in [6.45, 7) is 1.13. The van der Waals surface area contributed by atoms with Gasteiger partial charge in [-0.05, 0) is 52.8 Å². The number of aliphatic hydroxyl groups excluding tert-OH is 1. The lowest BCUT2D eigenvalue weighted by Gasteiger charge is -2.47. The molecule has 2 aromatic rings. The minimum atomic E-state index is -0.0972. The molecule has 144 valence electrons. The molecule has 1 aliphatic carbocycles. The zero-order valence-electron chi connectivity index (χ0n) is 15.4. The molecule has 0 unspecified atom stereocenters. The smallest absolute Gasteiger partial charge is 0.160 e. The van der Waals surface area contributed by atoms with E-state index >= 15 is 0 Å². The molecular weight excluding hydrogens is 348 g/mol. The first-order chi connectivity index (χ1) is 13.1. The monoisotopic (exact) mass is 372 g/mol. The Morgan fingerprint density at radius 3 is 2.41 bits per heavy atom. The standard InChI is InChI=1S/C21H24O6/c1-25-19-5-11(3-4-17(19)23)21-13-6-18(24)20(26-2)7-12(13)15-9-27-10-16(21)14(15)8-22/h3-7,14-16,21-24H,8-10H2,1-2H3/t14-,15+,16+,21+/m1/s1. The van der Waals surface area contributed by atoms with Gasteiger partial charge in [-0.15, -0.1) is 0 Å². The number of aromatic hydroxyl groups is 2. The molecule has 6 heteroatoms. The Labute approximate surface area is 157 Å². The van der Waals surface area contributed by atoms with Crippen LogP contribution in [0.4, 0.5) is 0 Å². The van der Waals surface area contributed by atoms with E-state index in [0.29, 0.717) is 24.7 Å². The molecule has 2 aromatic carbocycles. The lowest BCUT2D eigenvalue weighted by Crippen LogP contribution is -2.44. The number of benzene rings is 2. The summed E-state index contributed by atoms with van der Waals surface area (Å²) in [4.78, 5) is 0. The first-order valence-electron chi connectivity index (χ1n) is 9.05. The molecule has 0 radical (unpaired) electrons. The number of methoxy groups -OCH3 is 2. The highest BCUT2D eigenvalue weighted by molar-refractivity contribution is 5.55. The van der Waals surface area contributed by atoms with E-state index in [0.717, 1.165) is 16.7 Å². The summed E-state index contributed by atoms with van der Waals surface area (Å²) in [6, 6.07) is 8.90.